The number of methoxy groups -OCH3 is 1. The fourth-order valence-electron chi connectivity index (χ4n) is 5.49. The predicted octanol–water partition coefficient (Wildman–Crippen LogP) is 3.62. The van der Waals surface area contributed by atoms with E-state index in [0.717, 1.165) is 22.5 Å². The molecule has 1 saturated heterocycles. The molecule has 0 atom stereocenters. The number of rotatable bonds is 2. The van der Waals surface area contributed by atoms with E-state index < -0.39 is 16.8 Å². The first-order valence-electron chi connectivity index (χ1n) is 12.3. The molecule has 6 rings (SSSR count). The Morgan fingerprint density at radius 1 is 1.22 bits per heavy atom. The van der Waals surface area contributed by atoms with Gasteiger partial charge in [-0.15, -0.1) is 0 Å². The molecule has 37 heavy (non-hydrogen) atoms. The van der Waals surface area contributed by atoms with Gasteiger partial charge in [0.1, 0.15) is 5.60 Å². The van der Waals surface area contributed by atoms with E-state index in [1.54, 1.807) is 23.2 Å². The Bertz CT molecular complexity index is 1450. The second kappa shape index (κ2) is 8.03. The highest BCUT2D eigenvalue weighted by Gasteiger charge is 2.53. The largest absolute Gasteiger partial charge is 0.494 e. The van der Waals surface area contributed by atoms with Crippen molar-refractivity contribution in [3.63, 3.8) is 0 Å². The zero-order chi connectivity index (χ0) is 26.1. The molecule has 3 aromatic rings. The minimum absolute atomic E-state index is 0.121. The maximum Gasteiger partial charge on any atom is 0.410 e. The number of hydrogen-bond donors (Lipinski definition) is 2. The Labute approximate surface area is 213 Å². The van der Waals surface area contributed by atoms with Crippen LogP contribution in [0.5, 0.6) is 5.75 Å². The van der Waals surface area contributed by atoms with Crippen LogP contribution in [0.1, 0.15) is 48.0 Å². The van der Waals surface area contributed by atoms with Crippen molar-refractivity contribution in [3.05, 3.63) is 52.6 Å². The number of ether oxygens (including phenoxy) is 2. The quantitative estimate of drug-likeness (QED) is 0.551. The Morgan fingerprint density at radius 3 is 2.70 bits per heavy atom. The number of nitrogens with zero attached hydrogens (tertiary/aromatic N) is 3. The summed E-state index contributed by atoms with van der Waals surface area (Å²) in [4.78, 5) is 40.1. The molecule has 2 aliphatic heterocycles. The highest BCUT2D eigenvalue weighted by Crippen LogP contribution is 2.44. The number of hydrogen-bond acceptors (Lipinski definition) is 6. The van der Waals surface area contributed by atoms with Crippen LogP contribution in [-0.4, -0.2) is 64.2 Å². The summed E-state index contributed by atoms with van der Waals surface area (Å²) in [5.74, 6) is -0.0720. The molecule has 1 aromatic carbocycles. The number of aryl methyl sites for hydroxylation is 1. The minimum Gasteiger partial charge on any atom is -0.494 e. The van der Waals surface area contributed by atoms with Crippen LogP contribution in [-0.2, 0) is 23.0 Å². The van der Waals surface area contributed by atoms with Gasteiger partial charge in [-0.2, -0.15) is 0 Å². The van der Waals surface area contributed by atoms with E-state index in [4.69, 9.17) is 14.5 Å². The van der Waals surface area contributed by atoms with Crippen molar-refractivity contribution in [3.8, 4) is 28.5 Å². The van der Waals surface area contributed by atoms with Crippen LogP contribution in [0.4, 0.5) is 9.18 Å². The highest BCUT2D eigenvalue weighted by molar-refractivity contribution is 6.01. The summed E-state index contributed by atoms with van der Waals surface area (Å²) in [5.41, 5.74) is 4.40. The summed E-state index contributed by atoms with van der Waals surface area (Å²) >= 11 is 0. The van der Waals surface area contributed by atoms with Crippen LogP contribution in [0.25, 0.3) is 22.8 Å². The van der Waals surface area contributed by atoms with Crippen molar-refractivity contribution in [2.75, 3.05) is 26.7 Å². The summed E-state index contributed by atoms with van der Waals surface area (Å²) in [6.07, 6.45) is 2.77. The van der Waals surface area contributed by atoms with Crippen LogP contribution in [0.2, 0.25) is 0 Å². The van der Waals surface area contributed by atoms with Crippen molar-refractivity contribution in [2.24, 2.45) is 0 Å². The number of halogens is 1. The van der Waals surface area contributed by atoms with E-state index in [9.17, 15) is 14.0 Å². The number of nitrogens with one attached hydrogen (secondary N) is 2. The molecule has 1 aliphatic carbocycles. The third kappa shape index (κ3) is 3.73. The van der Waals surface area contributed by atoms with Crippen molar-refractivity contribution in [1.29, 1.82) is 0 Å². The van der Waals surface area contributed by atoms with Gasteiger partial charge in [0.25, 0.3) is 5.91 Å². The molecular weight excluding hydrogens is 477 g/mol. The first-order chi connectivity index (χ1) is 17.6. The van der Waals surface area contributed by atoms with Gasteiger partial charge in [-0.3, -0.25) is 4.79 Å². The van der Waals surface area contributed by atoms with Gasteiger partial charge in [-0.1, -0.05) is 0 Å². The molecule has 0 saturated carbocycles. The van der Waals surface area contributed by atoms with Crippen LogP contribution >= 0.6 is 0 Å². The molecule has 192 valence electrons. The fourth-order valence-corrected chi connectivity index (χ4v) is 5.49. The summed E-state index contributed by atoms with van der Waals surface area (Å²) in [5, 5.41) is 3.03. The Balaban J connectivity index is 1.37. The molecule has 2 N–H and O–H groups in total. The second-order valence-corrected chi connectivity index (χ2v) is 10.9. The van der Waals surface area contributed by atoms with E-state index in [-0.39, 0.29) is 17.7 Å². The molecule has 4 heterocycles. The smallest absolute Gasteiger partial charge is 0.410 e. The van der Waals surface area contributed by atoms with Gasteiger partial charge in [0.2, 0.25) is 0 Å². The summed E-state index contributed by atoms with van der Waals surface area (Å²) in [6, 6.07) is 4.62. The van der Waals surface area contributed by atoms with Crippen molar-refractivity contribution >= 4 is 12.0 Å². The molecule has 0 radical (unpaired) electrons. The third-order valence-electron chi connectivity index (χ3n) is 7.24. The van der Waals surface area contributed by atoms with Gasteiger partial charge >= 0.3 is 6.09 Å². The number of aromatic amines is 1. The SMILES string of the molecule is COc1ccc(-c2ncc3c(n2)-c2[nH]c4c(c2CC3)C(=O)NCC42CN(C(=O)OC(C)(C)C)C2)cc1F. The molecule has 10 heteroatoms. The fraction of sp³-hybridized carbons (Fsp3) is 0.407. The lowest BCUT2D eigenvalue weighted by molar-refractivity contribution is -0.0113. The molecule has 1 fully saturated rings. The average Bonchev–Trinajstić information content (AvgIpc) is 3.23. The number of fused-ring (bicyclic) bond motifs is 6. The molecule has 1 spiro atoms. The Kier molecular flexibility index (Phi) is 5.09. The summed E-state index contributed by atoms with van der Waals surface area (Å²) < 4.78 is 24.9. The van der Waals surface area contributed by atoms with Gasteiger partial charge in [0.15, 0.2) is 17.4 Å². The Morgan fingerprint density at radius 2 is 2.00 bits per heavy atom. The van der Waals surface area contributed by atoms with Crippen LogP contribution in [0, 0.1) is 5.82 Å². The Hall–Kier alpha value is -3.95. The normalized spacial score (nSPS) is 17.3. The molecule has 0 unspecified atom stereocenters. The van der Waals surface area contributed by atoms with E-state index in [1.165, 1.54) is 13.2 Å². The van der Waals surface area contributed by atoms with Crippen LogP contribution in [0.3, 0.4) is 0 Å². The summed E-state index contributed by atoms with van der Waals surface area (Å²) in [6.45, 7) is 6.85. The predicted molar refractivity (Wildman–Crippen MR) is 133 cm³/mol. The highest BCUT2D eigenvalue weighted by atomic mass is 19.1. The third-order valence-corrected chi connectivity index (χ3v) is 7.24. The number of aromatic nitrogens is 3. The first-order valence-corrected chi connectivity index (χ1v) is 12.3. The van der Waals surface area contributed by atoms with Gasteiger partial charge < -0.3 is 24.7 Å². The molecular formula is C27H28FN5O4. The monoisotopic (exact) mass is 505 g/mol. The maximum absolute atomic E-state index is 14.4. The van der Waals surface area contributed by atoms with Crippen LogP contribution in [0.15, 0.2) is 24.4 Å². The number of benzene rings is 1. The van der Waals surface area contributed by atoms with E-state index >= 15 is 0 Å². The van der Waals surface area contributed by atoms with Gasteiger partial charge in [-0.05, 0) is 62.9 Å². The number of likely N-dealkylation sites (tertiary alicyclic amines) is 1. The molecule has 9 nitrogen and oxygen atoms in total. The maximum atomic E-state index is 14.4. The second-order valence-electron chi connectivity index (χ2n) is 10.9. The number of carbonyl (C=O) groups excluding carboxylic acids is 2. The number of carbonyl (C=O) groups is 2. The van der Waals surface area contributed by atoms with E-state index in [1.807, 2.05) is 20.8 Å². The first kappa shape index (κ1) is 23.4. The zero-order valence-electron chi connectivity index (χ0n) is 21.2. The van der Waals surface area contributed by atoms with Gasteiger partial charge in [0, 0.05) is 37.1 Å². The standard InChI is InChI=1S/C27H28FN5O4/c1-26(2,3)37-25(35)33-12-27(13-33)11-30-24(34)19-16-7-5-15-10-29-23(32-20(15)21(16)31-22(19)27)14-6-8-18(36-4)17(28)9-14/h6,8-10,31H,5,7,11-13H2,1-4H3,(H,30,34). The van der Waals surface area contributed by atoms with Crippen molar-refractivity contribution in [2.45, 2.75) is 44.6 Å². The van der Waals surface area contributed by atoms with Crippen molar-refractivity contribution < 1.29 is 23.5 Å². The molecule has 0 bridgehead atoms. The van der Waals surface area contributed by atoms with Crippen molar-refractivity contribution in [1.82, 2.24) is 25.2 Å². The average molecular weight is 506 g/mol. The van der Waals surface area contributed by atoms with E-state index in [2.05, 4.69) is 15.3 Å². The number of amides is 2. The summed E-state index contributed by atoms with van der Waals surface area (Å²) in [7, 11) is 1.42. The van der Waals surface area contributed by atoms with Gasteiger partial charge in [0.05, 0.1) is 29.5 Å². The van der Waals surface area contributed by atoms with Crippen LogP contribution < -0.4 is 10.1 Å². The van der Waals surface area contributed by atoms with Gasteiger partial charge in [-0.25, -0.2) is 19.2 Å². The molecule has 2 amide bonds. The molecule has 2 aromatic heterocycles. The lowest BCUT2D eigenvalue weighted by Gasteiger charge is -2.51. The minimum atomic E-state index is -0.578. The van der Waals surface area contributed by atoms with E-state index in [0.29, 0.717) is 55.1 Å². The lowest BCUT2D eigenvalue weighted by Crippen LogP contribution is -2.67. The number of H-pyrrole nitrogens is 1. The molecule has 3 aliphatic rings. The lowest BCUT2D eigenvalue weighted by atomic mass is 9.72. The topological polar surface area (TPSA) is 109 Å². The zero-order valence-corrected chi connectivity index (χ0v) is 21.2.